The van der Waals surface area contributed by atoms with Crippen molar-refractivity contribution in [3.8, 4) is 28.6 Å². The van der Waals surface area contributed by atoms with Crippen molar-refractivity contribution in [3.63, 3.8) is 0 Å². The highest BCUT2D eigenvalue weighted by molar-refractivity contribution is 5.86. The van der Waals surface area contributed by atoms with Crippen molar-refractivity contribution in [3.05, 3.63) is 66.4 Å². The van der Waals surface area contributed by atoms with Crippen molar-refractivity contribution in [2.45, 2.75) is 12.9 Å². The second kappa shape index (κ2) is 9.49. The number of ether oxygens (including phenoxy) is 1. The molecule has 0 saturated carbocycles. The molecule has 0 aliphatic carbocycles. The van der Waals surface area contributed by atoms with Crippen molar-refractivity contribution in [1.29, 1.82) is 0 Å². The van der Waals surface area contributed by atoms with E-state index in [9.17, 15) is 18.0 Å². The van der Waals surface area contributed by atoms with Crippen LogP contribution in [0.3, 0.4) is 0 Å². The molecule has 0 fully saturated rings. The molecule has 0 radical (unpaired) electrons. The minimum absolute atomic E-state index is 0.0335. The van der Waals surface area contributed by atoms with E-state index in [0.29, 0.717) is 33.9 Å². The summed E-state index contributed by atoms with van der Waals surface area (Å²) in [5.74, 6) is 0.222. The Morgan fingerprint density at radius 1 is 1.11 bits per heavy atom. The number of amides is 1. The SMILES string of the molecule is Nc1nonc1-c1nc2ccccc2n1CC(=O)NN=Cc1ccc(-c2ccc(OC(F)(F)F)cc2)o1. The van der Waals surface area contributed by atoms with E-state index in [1.165, 1.54) is 30.5 Å². The predicted octanol–water partition coefficient (Wildman–Crippen LogP) is 3.98. The summed E-state index contributed by atoms with van der Waals surface area (Å²) in [6, 6.07) is 15.6. The number of rotatable bonds is 7. The zero-order valence-corrected chi connectivity index (χ0v) is 18.6. The molecule has 2 aromatic carbocycles. The summed E-state index contributed by atoms with van der Waals surface area (Å²) in [6.45, 7) is -0.158. The number of imidazole rings is 1. The third-order valence-electron chi connectivity index (χ3n) is 5.06. The van der Waals surface area contributed by atoms with Gasteiger partial charge in [0.15, 0.2) is 17.3 Å². The van der Waals surface area contributed by atoms with Crippen molar-refractivity contribution in [1.82, 2.24) is 25.3 Å². The summed E-state index contributed by atoms with van der Waals surface area (Å²) in [6.07, 6.45) is -3.48. The van der Waals surface area contributed by atoms with Crippen LogP contribution >= 0.6 is 0 Å². The molecule has 3 N–H and O–H groups in total. The van der Waals surface area contributed by atoms with Gasteiger partial charge < -0.3 is 19.5 Å². The average Bonchev–Trinajstić information content (AvgIpc) is 3.58. The molecule has 5 aromatic rings. The molecule has 37 heavy (non-hydrogen) atoms. The number of aromatic nitrogens is 4. The molecule has 3 heterocycles. The number of nitrogens with one attached hydrogen (secondary N) is 1. The molecule has 1 amide bonds. The molecule has 0 saturated heterocycles. The number of nitrogens with two attached hydrogens (primary N) is 1. The lowest BCUT2D eigenvalue weighted by Gasteiger charge is -2.08. The fourth-order valence-electron chi connectivity index (χ4n) is 3.51. The number of halogens is 3. The van der Waals surface area contributed by atoms with Gasteiger partial charge in [0, 0.05) is 5.56 Å². The van der Waals surface area contributed by atoms with Crippen LogP contribution in [0.2, 0.25) is 0 Å². The number of alkyl halides is 3. The van der Waals surface area contributed by atoms with E-state index in [1.54, 1.807) is 41.0 Å². The molecule has 0 aliphatic rings. The molecule has 0 atom stereocenters. The Kier molecular flexibility index (Phi) is 6.05. The highest BCUT2D eigenvalue weighted by atomic mass is 19.4. The van der Waals surface area contributed by atoms with Crippen LogP contribution in [0.15, 0.2) is 74.8 Å². The summed E-state index contributed by atoms with van der Waals surface area (Å²) in [4.78, 5) is 17.1. The number of furan rings is 1. The Labute approximate surface area is 205 Å². The average molecular weight is 511 g/mol. The lowest BCUT2D eigenvalue weighted by molar-refractivity contribution is -0.274. The van der Waals surface area contributed by atoms with E-state index < -0.39 is 12.3 Å². The summed E-state index contributed by atoms with van der Waals surface area (Å²) in [7, 11) is 0. The highest BCUT2D eigenvalue weighted by Crippen LogP contribution is 2.28. The number of hydrogen-bond acceptors (Lipinski definition) is 9. The van der Waals surface area contributed by atoms with E-state index in [1.807, 2.05) is 0 Å². The molecule has 0 spiro atoms. The van der Waals surface area contributed by atoms with Gasteiger partial charge in [-0.15, -0.1) is 13.2 Å². The number of hydrazone groups is 1. The lowest BCUT2D eigenvalue weighted by Crippen LogP contribution is -2.23. The molecular weight excluding hydrogens is 495 g/mol. The van der Waals surface area contributed by atoms with Crippen molar-refractivity contribution >= 4 is 29.0 Å². The Morgan fingerprint density at radius 2 is 1.89 bits per heavy atom. The molecule has 14 heteroatoms. The minimum atomic E-state index is -4.77. The van der Waals surface area contributed by atoms with Gasteiger partial charge in [0.1, 0.15) is 23.8 Å². The minimum Gasteiger partial charge on any atom is -0.455 e. The number of hydrogen-bond donors (Lipinski definition) is 2. The Balaban J connectivity index is 1.26. The van der Waals surface area contributed by atoms with Gasteiger partial charge in [-0.2, -0.15) is 5.10 Å². The van der Waals surface area contributed by atoms with Crippen molar-refractivity contribution in [2.24, 2.45) is 5.10 Å². The van der Waals surface area contributed by atoms with Crippen LogP contribution in [0, 0.1) is 0 Å². The van der Waals surface area contributed by atoms with Crippen LogP contribution in [-0.4, -0.2) is 38.3 Å². The Hall–Kier alpha value is -5.14. The van der Waals surface area contributed by atoms with Crippen LogP contribution < -0.4 is 15.9 Å². The number of carbonyl (C=O) groups excluding carboxylic acids is 1. The van der Waals surface area contributed by atoms with Crippen molar-refractivity contribution < 1.29 is 31.7 Å². The quantitative estimate of drug-likeness (QED) is 0.246. The van der Waals surface area contributed by atoms with Gasteiger partial charge in [-0.3, -0.25) is 4.79 Å². The summed E-state index contributed by atoms with van der Waals surface area (Å²) < 4.78 is 52.7. The molecule has 5 rings (SSSR count). The summed E-state index contributed by atoms with van der Waals surface area (Å²) in [5, 5.41) is 11.2. The van der Waals surface area contributed by atoms with Gasteiger partial charge in [0.05, 0.1) is 17.2 Å². The van der Waals surface area contributed by atoms with Crippen LogP contribution in [-0.2, 0) is 11.3 Å². The number of anilines is 1. The van der Waals surface area contributed by atoms with Gasteiger partial charge in [-0.25, -0.2) is 15.0 Å². The second-order valence-electron chi connectivity index (χ2n) is 7.58. The molecule has 11 nitrogen and oxygen atoms in total. The first-order chi connectivity index (χ1) is 17.8. The first-order valence-electron chi connectivity index (χ1n) is 10.6. The Morgan fingerprint density at radius 3 is 2.62 bits per heavy atom. The number of fused-ring (bicyclic) bond motifs is 1. The monoisotopic (exact) mass is 511 g/mol. The van der Waals surface area contributed by atoms with Crippen LogP contribution in [0.5, 0.6) is 5.75 Å². The molecule has 188 valence electrons. The number of benzene rings is 2. The lowest BCUT2D eigenvalue weighted by atomic mass is 10.2. The second-order valence-corrected chi connectivity index (χ2v) is 7.58. The van der Waals surface area contributed by atoms with E-state index in [4.69, 9.17) is 10.2 Å². The summed E-state index contributed by atoms with van der Waals surface area (Å²) in [5.41, 5.74) is 10.2. The fourth-order valence-corrected chi connectivity index (χ4v) is 3.51. The zero-order chi connectivity index (χ0) is 26.0. The largest absolute Gasteiger partial charge is 0.573 e. The van der Waals surface area contributed by atoms with Gasteiger partial charge in [-0.05, 0) is 58.8 Å². The van der Waals surface area contributed by atoms with E-state index in [2.05, 4.69) is 35.2 Å². The van der Waals surface area contributed by atoms with Gasteiger partial charge >= 0.3 is 6.36 Å². The van der Waals surface area contributed by atoms with E-state index in [0.717, 1.165) is 0 Å². The first kappa shape index (κ1) is 23.6. The maximum Gasteiger partial charge on any atom is 0.573 e. The number of nitrogens with zero attached hydrogens (tertiary/aromatic N) is 5. The van der Waals surface area contributed by atoms with Crippen molar-refractivity contribution in [2.75, 3.05) is 5.73 Å². The topological polar surface area (TPSA) is 147 Å². The standard InChI is InChI=1S/C23H16F3N7O4/c24-23(25,26)36-14-7-5-13(6-8-14)18-10-9-15(35-18)11-28-30-19(34)12-33-17-4-2-1-3-16(17)29-22(33)20-21(27)32-37-31-20/h1-11H,12H2,(H2,27,32)(H,30,34). The van der Waals surface area contributed by atoms with E-state index >= 15 is 0 Å². The number of carbonyl (C=O) groups is 1. The highest BCUT2D eigenvalue weighted by Gasteiger charge is 2.31. The maximum atomic E-state index is 12.6. The summed E-state index contributed by atoms with van der Waals surface area (Å²) >= 11 is 0. The van der Waals surface area contributed by atoms with Crippen LogP contribution in [0.4, 0.5) is 19.0 Å². The van der Waals surface area contributed by atoms with Crippen LogP contribution in [0.1, 0.15) is 5.76 Å². The number of nitrogen functional groups attached to an aromatic ring is 1. The normalized spacial score (nSPS) is 11.9. The third kappa shape index (κ3) is 5.27. The first-order valence-corrected chi connectivity index (χ1v) is 10.6. The molecule has 0 unspecified atom stereocenters. The van der Waals surface area contributed by atoms with Gasteiger partial charge in [-0.1, -0.05) is 12.1 Å². The number of para-hydroxylation sites is 2. The smallest absolute Gasteiger partial charge is 0.455 e. The third-order valence-corrected chi connectivity index (χ3v) is 5.06. The zero-order valence-electron chi connectivity index (χ0n) is 18.6. The Bertz CT molecular complexity index is 1590. The molecule has 0 bridgehead atoms. The molecule has 0 aliphatic heterocycles. The predicted molar refractivity (Wildman–Crippen MR) is 124 cm³/mol. The maximum absolute atomic E-state index is 12.6. The van der Waals surface area contributed by atoms with Crippen LogP contribution in [0.25, 0.3) is 33.9 Å². The molecular formula is C23H16F3N7O4. The molecule has 3 aromatic heterocycles. The van der Waals surface area contributed by atoms with Gasteiger partial charge in [0.25, 0.3) is 5.91 Å². The van der Waals surface area contributed by atoms with E-state index in [-0.39, 0.29) is 23.8 Å². The fraction of sp³-hybridized carbons (Fsp3) is 0.0870. The van der Waals surface area contributed by atoms with Gasteiger partial charge in [0.2, 0.25) is 0 Å².